The van der Waals surface area contributed by atoms with E-state index in [9.17, 15) is 9.18 Å². The van der Waals surface area contributed by atoms with Gasteiger partial charge in [-0.3, -0.25) is 4.79 Å². The molecule has 0 spiro atoms. The molecule has 1 aliphatic heterocycles. The van der Waals surface area contributed by atoms with E-state index in [1.807, 2.05) is 12.1 Å². The van der Waals surface area contributed by atoms with Crippen molar-refractivity contribution < 1.29 is 13.9 Å². The van der Waals surface area contributed by atoms with Crippen molar-refractivity contribution in [2.24, 2.45) is 0 Å². The van der Waals surface area contributed by atoms with Crippen LogP contribution >= 0.6 is 0 Å². The highest BCUT2D eigenvalue weighted by atomic mass is 19.1. The molecule has 1 amide bonds. The molecule has 1 saturated heterocycles. The van der Waals surface area contributed by atoms with Gasteiger partial charge in [0, 0.05) is 32.7 Å². The number of hydrogen-bond donors (Lipinski definition) is 2. The maximum atomic E-state index is 13.0. The average molecular weight is 371 g/mol. The molecule has 3 rings (SSSR count). The Hall–Kier alpha value is -2.44. The summed E-state index contributed by atoms with van der Waals surface area (Å²) in [7, 11) is 0. The van der Waals surface area contributed by atoms with Gasteiger partial charge in [-0.25, -0.2) is 4.39 Å². The summed E-state index contributed by atoms with van der Waals surface area (Å²) in [6.07, 6.45) is 0.921. The Morgan fingerprint density at radius 3 is 2.63 bits per heavy atom. The van der Waals surface area contributed by atoms with Crippen molar-refractivity contribution in [1.82, 2.24) is 15.5 Å². The zero-order valence-electron chi connectivity index (χ0n) is 15.4. The summed E-state index contributed by atoms with van der Waals surface area (Å²) in [5.74, 6) is 0.116. The van der Waals surface area contributed by atoms with Gasteiger partial charge in [0.25, 0.3) is 5.91 Å². The van der Waals surface area contributed by atoms with Gasteiger partial charge in [0.2, 0.25) is 0 Å². The molecule has 2 aromatic rings. The summed E-state index contributed by atoms with van der Waals surface area (Å²) in [6.45, 7) is 6.10. The molecule has 144 valence electrons. The van der Waals surface area contributed by atoms with Crippen LogP contribution in [0.1, 0.15) is 22.3 Å². The largest absolute Gasteiger partial charge is 0.488 e. The lowest BCUT2D eigenvalue weighted by Gasteiger charge is -2.27. The molecule has 0 unspecified atom stereocenters. The smallest absolute Gasteiger partial charge is 0.255 e. The van der Waals surface area contributed by atoms with E-state index in [0.717, 1.165) is 44.7 Å². The zero-order chi connectivity index (χ0) is 18.9. The summed E-state index contributed by atoms with van der Waals surface area (Å²) >= 11 is 0. The second-order valence-corrected chi connectivity index (χ2v) is 6.61. The molecule has 2 N–H and O–H groups in total. The Balaban J connectivity index is 1.48. The first-order chi connectivity index (χ1) is 13.2. The highest BCUT2D eigenvalue weighted by Gasteiger charge is 2.13. The van der Waals surface area contributed by atoms with Crippen molar-refractivity contribution in [2.75, 3.05) is 39.3 Å². The van der Waals surface area contributed by atoms with Gasteiger partial charge < -0.3 is 20.3 Å². The number of halogens is 1. The van der Waals surface area contributed by atoms with Gasteiger partial charge >= 0.3 is 0 Å². The predicted molar refractivity (Wildman–Crippen MR) is 103 cm³/mol. The van der Waals surface area contributed by atoms with E-state index in [2.05, 4.69) is 15.5 Å². The van der Waals surface area contributed by atoms with Gasteiger partial charge in [-0.05, 0) is 42.8 Å². The van der Waals surface area contributed by atoms with Gasteiger partial charge in [0.05, 0.1) is 5.56 Å². The van der Waals surface area contributed by atoms with Crippen LogP contribution in [0.2, 0.25) is 0 Å². The second kappa shape index (κ2) is 10.0. The van der Waals surface area contributed by atoms with E-state index in [1.54, 1.807) is 24.3 Å². The van der Waals surface area contributed by atoms with Crippen molar-refractivity contribution in [3.05, 3.63) is 65.5 Å². The van der Waals surface area contributed by atoms with Crippen LogP contribution in [0.15, 0.2) is 48.5 Å². The van der Waals surface area contributed by atoms with Crippen LogP contribution in [0.5, 0.6) is 5.75 Å². The van der Waals surface area contributed by atoms with E-state index >= 15 is 0 Å². The van der Waals surface area contributed by atoms with Crippen LogP contribution in [0.25, 0.3) is 0 Å². The van der Waals surface area contributed by atoms with Crippen LogP contribution in [-0.4, -0.2) is 50.1 Å². The van der Waals surface area contributed by atoms with Crippen molar-refractivity contribution in [2.45, 2.75) is 13.0 Å². The minimum Gasteiger partial charge on any atom is -0.488 e. The van der Waals surface area contributed by atoms with Gasteiger partial charge in [-0.2, -0.15) is 0 Å². The average Bonchev–Trinajstić information content (AvgIpc) is 2.71. The molecule has 0 bridgehead atoms. The number of para-hydroxylation sites is 1. The molecule has 1 fully saturated rings. The summed E-state index contributed by atoms with van der Waals surface area (Å²) in [6, 6.07) is 13.3. The number of nitrogens with zero attached hydrogens (tertiary/aromatic N) is 1. The number of ether oxygens (including phenoxy) is 1. The lowest BCUT2D eigenvalue weighted by atomic mass is 10.2. The summed E-state index contributed by atoms with van der Waals surface area (Å²) < 4.78 is 18.8. The molecule has 0 aliphatic carbocycles. The monoisotopic (exact) mass is 371 g/mol. The van der Waals surface area contributed by atoms with Gasteiger partial charge in [-0.1, -0.05) is 24.3 Å². The normalized spacial score (nSPS) is 14.7. The van der Waals surface area contributed by atoms with Gasteiger partial charge in [0.15, 0.2) is 0 Å². The molecule has 0 radical (unpaired) electrons. The summed E-state index contributed by atoms with van der Waals surface area (Å²) in [4.78, 5) is 14.9. The first-order valence-electron chi connectivity index (χ1n) is 9.40. The van der Waals surface area contributed by atoms with Crippen molar-refractivity contribution in [3.8, 4) is 5.75 Å². The number of rotatable bonds is 8. The number of carbonyl (C=O) groups is 1. The number of carbonyl (C=O) groups excluding carboxylic acids is 1. The highest BCUT2D eigenvalue weighted by molar-refractivity contribution is 5.96. The third kappa shape index (κ3) is 6.05. The molecule has 1 aliphatic rings. The second-order valence-electron chi connectivity index (χ2n) is 6.61. The Kier molecular flexibility index (Phi) is 7.19. The molecule has 0 atom stereocenters. The number of nitrogens with one attached hydrogen (secondary N) is 2. The maximum absolute atomic E-state index is 13.0. The molecule has 0 saturated carbocycles. The van der Waals surface area contributed by atoms with E-state index in [1.165, 1.54) is 12.1 Å². The predicted octanol–water partition coefficient (Wildman–Crippen LogP) is 2.43. The number of hydrogen-bond acceptors (Lipinski definition) is 4. The number of piperazine rings is 1. The van der Waals surface area contributed by atoms with Crippen molar-refractivity contribution in [3.63, 3.8) is 0 Å². The zero-order valence-corrected chi connectivity index (χ0v) is 15.4. The maximum Gasteiger partial charge on any atom is 0.255 e. The highest BCUT2D eigenvalue weighted by Crippen LogP contribution is 2.19. The van der Waals surface area contributed by atoms with Gasteiger partial charge in [0.1, 0.15) is 18.2 Å². The van der Waals surface area contributed by atoms with E-state index < -0.39 is 0 Å². The summed E-state index contributed by atoms with van der Waals surface area (Å²) in [5, 5.41) is 6.31. The lowest BCUT2D eigenvalue weighted by molar-refractivity contribution is 0.0946. The number of benzene rings is 2. The quantitative estimate of drug-likeness (QED) is 0.700. The first-order valence-corrected chi connectivity index (χ1v) is 9.40. The fourth-order valence-corrected chi connectivity index (χ4v) is 3.06. The molecular weight excluding hydrogens is 345 g/mol. The molecule has 0 aromatic heterocycles. The first kappa shape index (κ1) is 19.3. The molecule has 27 heavy (non-hydrogen) atoms. The summed E-state index contributed by atoms with van der Waals surface area (Å²) in [5.41, 5.74) is 1.37. The topological polar surface area (TPSA) is 53.6 Å². The third-order valence-corrected chi connectivity index (χ3v) is 4.59. The molecule has 1 heterocycles. The van der Waals surface area contributed by atoms with Crippen LogP contribution in [0.3, 0.4) is 0 Å². The van der Waals surface area contributed by atoms with Crippen LogP contribution < -0.4 is 15.4 Å². The van der Waals surface area contributed by atoms with E-state index in [4.69, 9.17) is 4.74 Å². The Morgan fingerprint density at radius 1 is 1.11 bits per heavy atom. The standard InChI is InChI=1S/C21H26FN3O2/c22-18-8-6-17(7-9-18)16-27-20-5-2-1-4-19(20)21(26)24-10-3-13-25-14-11-23-12-15-25/h1-2,4-9,23H,3,10-16H2,(H,24,26). The van der Waals surface area contributed by atoms with Gasteiger partial charge in [-0.15, -0.1) is 0 Å². The Morgan fingerprint density at radius 2 is 1.85 bits per heavy atom. The van der Waals surface area contributed by atoms with Crippen LogP contribution in [-0.2, 0) is 6.61 Å². The lowest BCUT2D eigenvalue weighted by Crippen LogP contribution is -2.44. The molecular formula is C21H26FN3O2. The molecule has 5 nitrogen and oxygen atoms in total. The SMILES string of the molecule is O=C(NCCCN1CCNCC1)c1ccccc1OCc1ccc(F)cc1. The molecule has 2 aromatic carbocycles. The Labute approximate surface area is 159 Å². The minimum absolute atomic E-state index is 0.134. The van der Waals surface area contributed by atoms with Crippen molar-refractivity contribution >= 4 is 5.91 Å². The molecule has 6 heteroatoms. The van der Waals surface area contributed by atoms with Crippen molar-refractivity contribution in [1.29, 1.82) is 0 Å². The number of amides is 1. The van der Waals surface area contributed by atoms with Crippen LogP contribution in [0, 0.1) is 5.82 Å². The minimum atomic E-state index is -0.278. The van der Waals surface area contributed by atoms with E-state index in [0.29, 0.717) is 17.9 Å². The van der Waals surface area contributed by atoms with Crippen LogP contribution in [0.4, 0.5) is 4.39 Å². The third-order valence-electron chi connectivity index (χ3n) is 4.59. The fourth-order valence-electron chi connectivity index (χ4n) is 3.06. The fraction of sp³-hybridized carbons (Fsp3) is 0.381. The van der Waals surface area contributed by atoms with E-state index in [-0.39, 0.29) is 18.3 Å². The Bertz CT molecular complexity index is 730.